The third kappa shape index (κ3) is 7.55. The van der Waals surface area contributed by atoms with Crippen LogP contribution in [0.15, 0.2) is 0 Å². The van der Waals surface area contributed by atoms with Gasteiger partial charge in [-0.1, -0.05) is 13.8 Å². The molecule has 11 heavy (non-hydrogen) atoms. The molecule has 0 unspecified atom stereocenters. The third-order valence-electron chi connectivity index (χ3n) is 1.07. The van der Waals surface area contributed by atoms with Crippen molar-refractivity contribution in [2.75, 3.05) is 19.7 Å². The van der Waals surface area contributed by atoms with Crippen molar-refractivity contribution in [3.8, 4) is 0 Å². The quantitative estimate of drug-likeness (QED) is 0.532. The molecule has 0 radical (unpaired) electrons. The van der Waals surface area contributed by atoms with Crippen LogP contribution in [-0.2, 0) is 0 Å². The summed E-state index contributed by atoms with van der Waals surface area (Å²) in [5.74, 6) is 0.587. The number of thiocarbonyl (C=S) groups is 1. The van der Waals surface area contributed by atoms with Crippen LogP contribution in [0.5, 0.6) is 0 Å². The molecule has 0 heterocycles. The van der Waals surface area contributed by atoms with Gasteiger partial charge >= 0.3 is 0 Å². The van der Waals surface area contributed by atoms with Gasteiger partial charge < -0.3 is 15.7 Å². The number of rotatable bonds is 4. The van der Waals surface area contributed by atoms with Crippen molar-refractivity contribution in [1.82, 2.24) is 10.6 Å². The molecule has 0 saturated heterocycles. The molecule has 66 valence electrons. The van der Waals surface area contributed by atoms with E-state index in [0.717, 1.165) is 6.54 Å². The maximum Gasteiger partial charge on any atom is 0.166 e. The van der Waals surface area contributed by atoms with Gasteiger partial charge in [0.2, 0.25) is 0 Å². The van der Waals surface area contributed by atoms with E-state index < -0.39 is 0 Å². The molecule has 3 nitrogen and oxygen atoms in total. The van der Waals surface area contributed by atoms with Crippen LogP contribution in [0.25, 0.3) is 0 Å². The van der Waals surface area contributed by atoms with Crippen LogP contribution in [-0.4, -0.2) is 29.9 Å². The Morgan fingerprint density at radius 2 is 2.09 bits per heavy atom. The highest BCUT2D eigenvalue weighted by atomic mass is 32.1. The first kappa shape index (κ1) is 10.7. The fourth-order valence-corrected chi connectivity index (χ4v) is 0.714. The molecule has 0 spiro atoms. The first-order valence-corrected chi connectivity index (χ1v) is 4.20. The van der Waals surface area contributed by atoms with Crippen molar-refractivity contribution in [3.05, 3.63) is 0 Å². The van der Waals surface area contributed by atoms with Crippen molar-refractivity contribution in [3.63, 3.8) is 0 Å². The van der Waals surface area contributed by atoms with Gasteiger partial charge in [0.1, 0.15) is 0 Å². The summed E-state index contributed by atoms with van der Waals surface area (Å²) in [7, 11) is 0. The zero-order valence-electron chi connectivity index (χ0n) is 7.05. The van der Waals surface area contributed by atoms with Gasteiger partial charge in [-0.15, -0.1) is 0 Å². The molecule has 0 aromatic rings. The van der Waals surface area contributed by atoms with Crippen molar-refractivity contribution >= 4 is 17.3 Å². The summed E-state index contributed by atoms with van der Waals surface area (Å²) in [5, 5.41) is 14.9. The normalized spacial score (nSPS) is 9.82. The second kappa shape index (κ2) is 6.37. The molecule has 0 atom stereocenters. The minimum Gasteiger partial charge on any atom is -0.395 e. The van der Waals surface area contributed by atoms with Crippen molar-refractivity contribution < 1.29 is 5.11 Å². The molecule has 0 bridgehead atoms. The number of aliphatic hydroxyl groups is 1. The Labute approximate surface area is 73.2 Å². The highest BCUT2D eigenvalue weighted by Crippen LogP contribution is 1.86. The lowest BCUT2D eigenvalue weighted by atomic mass is 10.2. The number of aliphatic hydroxyl groups excluding tert-OH is 1. The lowest BCUT2D eigenvalue weighted by Gasteiger charge is -2.10. The number of hydrogen-bond donors (Lipinski definition) is 3. The molecule has 0 saturated carbocycles. The topological polar surface area (TPSA) is 44.3 Å². The van der Waals surface area contributed by atoms with Crippen LogP contribution in [0, 0.1) is 5.92 Å². The Morgan fingerprint density at radius 3 is 2.55 bits per heavy atom. The molecule has 0 aromatic heterocycles. The van der Waals surface area contributed by atoms with Crippen molar-refractivity contribution in [2.45, 2.75) is 13.8 Å². The molecule has 0 aliphatic carbocycles. The van der Waals surface area contributed by atoms with Gasteiger partial charge in [-0.05, 0) is 18.1 Å². The van der Waals surface area contributed by atoms with E-state index in [1.54, 1.807) is 0 Å². The second-order valence-electron chi connectivity index (χ2n) is 2.75. The van der Waals surface area contributed by atoms with Gasteiger partial charge in [0, 0.05) is 13.1 Å². The fourth-order valence-electron chi connectivity index (χ4n) is 0.529. The summed E-state index contributed by atoms with van der Waals surface area (Å²) in [6.07, 6.45) is 0. The molecule has 0 fully saturated rings. The summed E-state index contributed by atoms with van der Waals surface area (Å²) in [6.45, 7) is 5.73. The average molecular weight is 176 g/mol. The molecular formula is C7H16N2OS. The van der Waals surface area contributed by atoms with E-state index in [1.807, 2.05) is 0 Å². The Balaban J connectivity index is 3.23. The van der Waals surface area contributed by atoms with E-state index in [4.69, 9.17) is 17.3 Å². The Hall–Kier alpha value is -0.350. The zero-order chi connectivity index (χ0) is 8.69. The van der Waals surface area contributed by atoms with Crippen molar-refractivity contribution in [1.29, 1.82) is 0 Å². The van der Waals surface area contributed by atoms with Gasteiger partial charge in [0.05, 0.1) is 6.61 Å². The monoisotopic (exact) mass is 176 g/mol. The van der Waals surface area contributed by atoms with Crippen molar-refractivity contribution in [2.24, 2.45) is 5.92 Å². The molecule has 3 N–H and O–H groups in total. The maximum absolute atomic E-state index is 8.44. The van der Waals surface area contributed by atoms with Crippen LogP contribution in [0.4, 0.5) is 0 Å². The minimum absolute atomic E-state index is 0.115. The van der Waals surface area contributed by atoms with E-state index >= 15 is 0 Å². The third-order valence-corrected chi connectivity index (χ3v) is 1.36. The molecule has 0 aliphatic heterocycles. The zero-order valence-corrected chi connectivity index (χ0v) is 7.87. The van der Waals surface area contributed by atoms with Gasteiger partial charge in [0.15, 0.2) is 5.11 Å². The first-order valence-electron chi connectivity index (χ1n) is 3.79. The lowest BCUT2D eigenvalue weighted by molar-refractivity contribution is 0.300. The van der Waals surface area contributed by atoms with E-state index in [9.17, 15) is 0 Å². The maximum atomic E-state index is 8.44. The van der Waals surface area contributed by atoms with E-state index in [-0.39, 0.29) is 6.61 Å². The first-order chi connectivity index (χ1) is 5.16. The number of hydrogen-bond acceptors (Lipinski definition) is 2. The van der Waals surface area contributed by atoms with Crippen LogP contribution in [0.1, 0.15) is 13.8 Å². The Morgan fingerprint density at radius 1 is 1.45 bits per heavy atom. The summed E-state index contributed by atoms with van der Waals surface area (Å²) in [6, 6.07) is 0. The Bertz CT molecular complexity index is 117. The van der Waals surface area contributed by atoms with E-state index in [1.165, 1.54) is 0 Å². The van der Waals surface area contributed by atoms with Gasteiger partial charge in [-0.25, -0.2) is 0 Å². The van der Waals surface area contributed by atoms with E-state index in [2.05, 4.69) is 24.5 Å². The minimum atomic E-state index is 0.115. The summed E-state index contributed by atoms with van der Waals surface area (Å²) in [5.41, 5.74) is 0. The fraction of sp³-hybridized carbons (Fsp3) is 0.857. The van der Waals surface area contributed by atoms with Gasteiger partial charge in [-0.3, -0.25) is 0 Å². The summed E-state index contributed by atoms with van der Waals surface area (Å²) >= 11 is 4.90. The molecule has 4 heteroatoms. The van der Waals surface area contributed by atoms with Crippen LogP contribution in [0.3, 0.4) is 0 Å². The SMILES string of the molecule is CC(C)CNC(=S)NCCO. The second-order valence-corrected chi connectivity index (χ2v) is 3.16. The summed E-state index contributed by atoms with van der Waals surface area (Å²) < 4.78 is 0. The standard InChI is InChI=1S/C7H16N2OS/c1-6(2)5-9-7(11)8-3-4-10/h6,10H,3-5H2,1-2H3,(H2,8,9,11). The predicted molar refractivity (Wildman–Crippen MR) is 50.5 cm³/mol. The largest absolute Gasteiger partial charge is 0.395 e. The summed E-state index contributed by atoms with van der Waals surface area (Å²) in [4.78, 5) is 0. The lowest BCUT2D eigenvalue weighted by Crippen LogP contribution is -2.38. The van der Waals surface area contributed by atoms with Gasteiger partial charge in [-0.2, -0.15) is 0 Å². The van der Waals surface area contributed by atoms with Crippen LogP contribution >= 0.6 is 12.2 Å². The van der Waals surface area contributed by atoms with Crippen LogP contribution < -0.4 is 10.6 Å². The molecule has 0 rings (SSSR count). The molecule has 0 aromatic carbocycles. The Kier molecular flexibility index (Phi) is 6.16. The predicted octanol–water partition coefficient (Wildman–Crippen LogP) is 0.0988. The average Bonchev–Trinajstić information content (AvgIpc) is 1.97. The molecule has 0 amide bonds. The molecule has 0 aliphatic rings. The highest BCUT2D eigenvalue weighted by Gasteiger charge is 1.95. The number of nitrogens with one attached hydrogen (secondary N) is 2. The van der Waals surface area contributed by atoms with Gasteiger partial charge in [0.25, 0.3) is 0 Å². The van der Waals surface area contributed by atoms with E-state index in [0.29, 0.717) is 17.6 Å². The highest BCUT2D eigenvalue weighted by molar-refractivity contribution is 7.80. The molecular weight excluding hydrogens is 160 g/mol. The smallest absolute Gasteiger partial charge is 0.166 e. The van der Waals surface area contributed by atoms with Crippen LogP contribution in [0.2, 0.25) is 0 Å².